The van der Waals surface area contributed by atoms with Gasteiger partial charge in [-0.2, -0.15) is 0 Å². The Bertz CT molecular complexity index is 392. The summed E-state index contributed by atoms with van der Waals surface area (Å²) in [6.07, 6.45) is 1.37. The van der Waals surface area contributed by atoms with E-state index in [-0.39, 0.29) is 0 Å². The van der Waals surface area contributed by atoms with Gasteiger partial charge in [0.05, 0.1) is 0 Å². The smallest absolute Gasteiger partial charge is 0.0300 e. The van der Waals surface area contributed by atoms with E-state index in [1.54, 1.807) is 0 Å². The average molecular weight is 280 g/mol. The van der Waals surface area contributed by atoms with Crippen LogP contribution in [0.5, 0.6) is 0 Å². The summed E-state index contributed by atoms with van der Waals surface area (Å²) in [7, 11) is 0. The Balaban J connectivity index is 1.62. The second-order valence-electron chi connectivity index (χ2n) is 6.84. The summed E-state index contributed by atoms with van der Waals surface area (Å²) >= 11 is 1.90. The number of aryl methyl sites for hydroxylation is 1. The Hall–Kier alpha value is -0.380. The van der Waals surface area contributed by atoms with E-state index in [0.29, 0.717) is 5.41 Å². The molecule has 0 bridgehead atoms. The largest absolute Gasteiger partial charge is 0.311 e. The van der Waals surface area contributed by atoms with E-state index in [9.17, 15) is 0 Å². The molecule has 2 heterocycles. The van der Waals surface area contributed by atoms with Crippen molar-refractivity contribution in [2.45, 2.75) is 40.7 Å². The van der Waals surface area contributed by atoms with E-state index < -0.39 is 0 Å². The molecule has 1 saturated heterocycles. The van der Waals surface area contributed by atoms with Crippen molar-refractivity contribution in [1.29, 1.82) is 0 Å². The third kappa shape index (κ3) is 4.59. The van der Waals surface area contributed by atoms with Crippen LogP contribution in [0.3, 0.4) is 0 Å². The quantitative estimate of drug-likeness (QED) is 0.830. The maximum atomic E-state index is 3.56. The van der Waals surface area contributed by atoms with Gasteiger partial charge in [0, 0.05) is 35.9 Å². The molecule has 19 heavy (non-hydrogen) atoms. The van der Waals surface area contributed by atoms with Gasteiger partial charge in [-0.3, -0.25) is 0 Å². The van der Waals surface area contributed by atoms with E-state index in [4.69, 9.17) is 0 Å². The normalized spacial score (nSPS) is 21.2. The second-order valence-corrected chi connectivity index (χ2v) is 8.21. The van der Waals surface area contributed by atoms with Crippen LogP contribution in [0.25, 0.3) is 0 Å². The summed E-state index contributed by atoms with van der Waals surface area (Å²) in [5.74, 6) is 0.868. The molecule has 0 amide bonds. The number of rotatable bonds is 5. The third-order valence-corrected chi connectivity index (χ3v) is 5.20. The van der Waals surface area contributed by atoms with Crippen LogP contribution in [0.15, 0.2) is 12.1 Å². The van der Waals surface area contributed by atoms with Crippen molar-refractivity contribution in [1.82, 2.24) is 10.2 Å². The van der Waals surface area contributed by atoms with Crippen molar-refractivity contribution in [3.05, 3.63) is 21.9 Å². The third-order valence-electron chi connectivity index (χ3n) is 4.20. The van der Waals surface area contributed by atoms with Crippen LogP contribution in [0, 0.1) is 18.3 Å². The van der Waals surface area contributed by atoms with Crippen molar-refractivity contribution in [3.8, 4) is 0 Å². The molecule has 0 spiro atoms. The molecule has 1 aliphatic rings. The van der Waals surface area contributed by atoms with Crippen molar-refractivity contribution in [2.24, 2.45) is 11.3 Å². The molecule has 1 unspecified atom stereocenters. The van der Waals surface area contributed by atoms with E-state index in [0.717, 1.165) is 19.0 Å². The van der Waals surface area contributed by atoms with Crippen molar-refractivity contribution in [2.75, 3.05) is 26.2 Å². The molecule has 108 valence electrons. The molecule has 0 aromatic carbocycles. The molecule has 0 aliphatic carbocycles. The first-order chi connectivity index (χ1) is 8.95. The fraction of sp³-hybridized carbons (Fsp3) is 0.750. The molecular formula is C16H28N2S. The zero-order chi connectivity index (χ0) is 13.9. The second kappa shape index (κ2) is 6.38. The summed E-state index contributed by atoms with van der Waals surface area (Å²) in [6.45, 7) is 15.2. The van der Waals surface area contributed by atoms with Crippen LogP contribution in [0.1, 0.15) is 36.9 Å². The molecular weight excluding hydrogens is 252 g/mol. The molecule has 1 aliphatic heterocycles. The molecule has 2 nitrogen and oxygen atoms in total. The lowest BCUT2D eigenvalue weighted by Crippen LogP contribution is -2.31. The Morgan fingerprint density at radius 2 is 2.16 bits per heavy atom. The Morgan fingerprint density at radius 3 is 2.74 bits per heavy atom. The van der Waals surface area contributed by atoms with Crippen LogP contribution in [-0.2, 0) is 6.54 Å². The molecule has 1 N–H and O–H groups in total. The minimum Gasteiger partial charge on any atom is -0.311 e. The van der Waals surface area contributed by atoms with E-state index in [2.05, 4.69) is 50.0 Å². The van der Waals surface area contributed by atoms with Gasteiger partial charge in [-0.05, 0) is 43.4 Å². The number of likely N-dealkylation sites (tertiary alicyclic amines) is 1. The fourth-order valence-corrected chi connectivity index (χ4v) is 3.63. The Labute approximate surface area is 122 Å². The lowest BCUT2D eigenvalue weighted by atomic mass is 9.80. The summed E-state index contributed by atoms with van der Waals surface area (Å²) in [5.41, 5.74) is 0.469. The van der Waals surface area contributed by atoms with Gasteiger partial charge in [-0.15, -0.1) is 11.3 Å². The SMILES string of the molecule is Cc1ccc(CNCCN2CCC(C(C)(C)C)C2)s1. The highest BCUT2D eigenvalue weighted by Crippen LogP contribution is 2.33. The number of nitrogens with one attached hydrogen (secondary N) is 1. The maximum absolute atomic E-state index is 3.56. The standard InChI is InChI=1S/C16H28N2S/c1-13-5-6-15(19-13)11-17-8-10-18-9-7-14(12-18)16(2,3)4/h5-6,14,17H,7-12H2,1-4H3. The van der Waals surface area contributed by atoms with Crippen LogP contribution in [0.2, 0.25) is 0 Å². The van der Waals surface area contributed by atoms with Gasteiger partial charge in [0.2, 0.25) is 0 Å². The van der Waals surface area contributed by atoms with Crippen LogP contribution >= 0.6 is 11.3 Å². The molecule has 1 aromatic heterocycles. The molecule has 1 fully saturated rings. The van der Waals surface area contributed by atoms with Crippen molar-refractivity contribution in [3.63, 3.8) is 0 Å². The van der Waals surface area contributed by atoms with E-state index in [1.807, 2.05) is 11.3 Å². The maximum Gasteiger partial charge on any atom is 0.0300 e. The minimum atomic E-state index is 0.469. The van der Waals surface area contributed by atoms with Crippen LogP contribution < -0.4 is 5.32 Å². The highest BCUT2D eigenvalue weighted by atomic mass is 32.1. The molecule has 0 saturated carbocycles. The topological polar surface area (TPSA) is 15.3 Å². The summed E-state index contributed by atoms with van der Waals surface area (Å²) < 4.78 is 0. The first kappa shape index (κ1) is 15.0. The van der Waals surface area contributed by atoms with Gasteiger partial charge in [0.25, 0.3) is 0 Å². The number of thiophene rings is 1. The average Bonchev–Trinajstić information content (AvgIpc) is 2.93. The minimum absolute atomic E-state index is 0.469. The highest BCUT2D eigenvalue weighted by molar-refractivity contribution is 7.11. The van der Waals surface area contributed by atoms with Crippen molar-refractivity contribution < 1.29 is 0 Å². The monoisotopic (exact) mass is 280 g/mol. The summed E-state index contributed by atoms with van der Waals surface area (Å²) in [6, 6.07) is 4.44. The fourth-order valence-electron chi connectivity index (χ4n) is 2.77. The van der Waals surface area contributed by atoms with Crippen LogP contribution in [0.4, 0.5) is 0 Å². The number of hydrogen-bond donors (Lipinski definition) is 1. The number of nitrogens with zero attached hydrogens (tertiary/aromatic N) is 1. The highest BCUT2D eigenvalue weighted by Gasteiger charge is 2.31. The van der Waals surface area contributed by atoms with E-state index >= 15 is 0 Å². The first-order valence-corrected chi connectivity index (χ1v) is 8.25. The predicted molar refractivity (Wildman–Crippen MR) is 84.8 cm³/mol. The molecule has 0 radical (unpaired) electrons. The molecule has 1 aromatic rings. The van der Waals surface area contributed by atoms with Gasteiger partial charge in [-0.1, -0.05) is 20.8 Å². The van der Waals surface area contributed by atoms with Crippen molar-refractivity contribution >= 4 is 11.3 Å². The number of hydrogen-bond acceptors (Lipinski definition) is 3. The van der Waals surface area contributed by atoms with Gasteiger partial charge in [0.1, 0.15) is 0 Å². The Kier molecular flexibility index (Phi) is 5.04. The van der Waals surface area contributed by atoms with Gasteiger partial charge in [0.15, 0.2) is 0 Å². The lowest BCUT2D eigenvalue weighted by molar-refractivity contribution is 0.229. The zero-order valence-corrected chi connectivity index (χ0v) is 13.6. The first-order valence-electron chi connectivity index (χ1n) is 7.43. The van der Waals surface area contributed by atoms with Crippen LogP contribution in [-0.4, -0.2) is 31.1 Å². The lowest BCUT2D eigenvalue weighted by Gasteiger charge is -2.27. The summed E-state index contributed by atoms with van der Waals surface area (Å²) in [5, 5.41) is 3.56. The van der Waals surface area contributed by atoms with Gasteiger partial charge >= 0.3 is 0 Å². The molecule has 1 atom stereocenters. The predicted octanol–water partition coefficient (Wildman–Crippen LogP) is 3.51. The Morgan fingerprint density at radius 1 is 1.37 bits per heavy atom. The molecule has 3 heteroatoms. The summed E-state index contributed by atoms with van der Waals surface area (Å²) in [4.78, 5) is 5.47. The van der Waals surface area contributed by atoms with E-state index in [1.165, 1.54) is 35.8 Å². The van der Waals surface area contributed by atoms with Gasteiger partial charge in [-0.25, -0.2) is 0 Å². The zero-order valence-electron chi connectivity index (χ0n) is 12.8. The van der Waals surface area contributed by atoms with Gasteiger partial charge < -0.3 is 10.2 Å². The molecule has 2 rings (SSSR count).